The first-order valence-corrected chi connectivity index (χ1v) is 9.92. The summed E-state index contributed by atoms with van der Waals surface area (Å²) in [5.74, 6) is -0.476. The summed E-state index contributed by atoms with van der Waals surface area (Å²) in [6, 6.07) is 4.49. The van der Waals surface area contributed by atoms with E-state index in [4.69, 9.17) is 14.2 Å². The summed E-state index contributed by atoms with van der Waals surface area (Å²) in [4.78, 5) is 52.3. The first-order chi connectivity index (χ1) is 14.7. The second-order valence-corrected chi connectivity index (χ2v) is 7.84. The average molecular weight is 433 g/mol. The molecule has 0 aromatic heterocycles. The summed E-state index contributed by atoms with van der Waals surface area (Å²) >= 11 is 0. The Balaban J connectivity index is 1.79. The summed E-state index contributed by atoms with van der Waals surface area (Å²) < 4.78 is 15.2. The minimum absolute atomic E-state index is 0.0328. The molecule has 1 aliphatic carbocycles. The van der Waals surface area contributed by atoms with Gasteiger partial charge in [0.2, 0.25) is 5.91 Å². The Hall–Kier alpha value is -3.30. The van der Waals surface area contributed by atoms with Crippen molar-refractivity contribution in [2.24, 2.45) is 5.92 Å². The maximum atomic E-state index is 13.0. The van der Waals surface area contributed by atoms with E-state index in [2.05, 4.69) is 5.32 Å². The third-order valence-electron chi connectivity index (χ3n) is 5.67. The van der Waals surface area contributed by atoms with E-state index in [0.29, 0.717) is 17.1 Å². The fraction of sp³-hybridized carbons (Fsp3) is 0.524. The van der Waals surface area contributed by atoms with Gasteiger partial charge in [0, 0.05) is 12.6 Å². The number of amides is 4. The molecule has 1 saturated heterocycles. The van der Waals surface area contributed by atoms with Gasteiger partial charge < -0.3 is 24.4 Å². The Labute approximate surface area is 180 Å². The van der Waals surface area contributed by atoms with Crippen LogP contribution in [0.2, 0.25) is 0 Å². The summed E-state index contributed by atoms with van der Waals surface area (Å²) in [6.45, 7) is 0.915. The summed E-state index contributed by atoms with van der Waals surface area (Å²) in [5.41, 5.74) is -0.335. The maximum absolute atomic E-state index is 13.0. The van der Waals surface area contributed by atoms with E-state index in [1.54, 1.807) is 25.1 Å². The molecular weight excluding hydrogens is 406 g/mol. The molecule has 2 fully saturated rings. The van der Waals surface area contributed by atoms with Gasteiger partial charge in [-0.15, -0.1) is 0 Å². The van der Waals surface area contributed by atoms with Crippen molar-refractivity contribution in [1.29, 1.82) is 0 Å². The van der Waals surface area contributed by atoms with Crippen molar-refractivity contribution in [2.75, 3.05) is 34.4 Å². The van der Waals surface area contributed by atoms with Crippen LogP contribution >= 0.6 is 0 Å². The summed E-state index contributed by atoms with van der Waals surface area (Å²) in [5, 5.41) is 2.71. The number of imide groups is 1. The lowest BCUT2D eigenvalue weighted by atomic mass is 9.96. The third-order valence-corrected chi connectivity index (χ3v) is 5.67. The normalized spacial score (nSPS) is 20.3. The van der Waals surface area contributed by atoms with Crippen LogP contribution in [0.5, 0.6) is 11.5 Å². The highest BCUT2D eigenvalue weighted by atomic mass is 16.5. The van der Waals surface area contributed by atoms with E-state index in [1.165, 1.54) is 26.2 Å². The number of methoxy groups -OCH3 is 3. The molecule has 0 bridgehead atoms. The molecule has 1 heterocycles. The highest BCUT2D eigenvalue weighted by Crippen LogP contribution is 2.42. The van der Waals surface area contributed by atoms with Crippen molar-refractivity contribution in [3.05, 3.63) is 23.8 Å². The van der Waals surface area contributed by atoms with Crippen LogP contribution in [0.3, 0.4) is 0 Å². The smallest absolute Gasteiger partial charge is 0.325 e. The molecule has 1 atom stereocenters. The molecule has 1 saturated carbocycles. The van der Waals surface area contributed by atoms with Crippen LogP contribution in [0.1, 0.15) is 25.3 Å². The van der Waals surface area contributed by atoms with Gasteiger partial charge in [0.15, 0.2) is 0 Å². The predicted octanol–water partition coefficient (Wildman–Crippen LogP) is 0.926. The molecule has 1 N–H and O–H groups in total. The lowest BCUT2D eigenvalue weighted by Gasteiger charge is -2.25. The van der Waals surface area contributed by atoms with E-state index in [9.17, 15) is 19.2 Å². The van der Waals surface area contributed by atoms with Gasteiger partial charge in [0.05, 0.1) is 21.3 Å². The summed E-state index contributed by atoms with van der Waals surface area (Å²) in [6.07, 6.45) is 1.72. The molecule has 0 radical (unpaired) electrons. The third kappa shape index (κ3) is 4.73. The molecule has 1 aromatic rings. The molecule has 31 heavy (non-hydrogen) atoms. The minimum atomic E-state index is -0.981. The fourth-order valence-electron chi connectivity index (χ4n) is 3.66. The molecule has 10 heteroatoms. The molecule has 10 nitrogen and oxygen atoms in total. The number of nitrogens with one attached hydrogen (secondary N) is 1. The number of hydrogen-bond donors (Lipinski definition) is 1. The monoisotopic (exact) mass is 433 g/mol. The number of esters is 1. The Bertz CT molecular complexity index is 877. The van der Waals surface area contributed by atoms with Crippen LogP contribution in [-0.2, 0) is 25.7 Å². The van der Waals surface area contributed by atoms with E-state index in [0.717, 1.165) is 17.7 Å². The van der Waals surface area contributed by atoms with Crippen molar-refractivity contribution < 1.29 is 33.4 Å². The van der Waals surface area contributed by atoms with Crippen LogP contribution < -0.4 is 14.8 Å². The van der Waals surface area contributed by atoms with Crippen LogP contribution in [0.4, 0.5) is 4.79 Å². The average Bonchev–Trinajstić information content (AvgIpc) is 3.58. The van der Waals surface area contributed by atoms with Crippen LogP contribution in [0.15, 0.2) is 18.2 Å². The zero-order valence-electron chi connectivity index (χ0n) is 18.1. The summed E-state index contributed by atoms with van der Waals surface area (Å²) in [7, 11) is 4.23. The Morgan fingerprint density at radius 3 is 2.26 bits per heavy atom. The van der Waals surface area contributed by atoms with Gasteiger partial charge in [0.25, 0.3) is 5.91 Å². The van der Waals surface area contributed by atoms with Crippen molar-refractivity contribution in [3.8, 4) is 11.5 Å². The second-order valence-electron chi connectivity index (χ2n) is 7.84. The minimum Gasteiger partial charge on any atom is -0.497 e. The number of benzene rings is 1. The van der Waals surface area contributed by atoms with Crippen molar-refractivity contribution in [1.82, 2.24) is 15.1 Å². The molecule has 168 valence electrons. The highest BCUT2D eigenvalue weighted by Gasteiger charge is 2.56. The first-order valence-electron chi connectivity index (χ1n) is 9.92. The number of hydrogen-bond acceptors (Lipinski definition) is 7. The molecule has 1 aliphatic heterocycles. The van der Waals surface area contributed by atoms with Crippen LogP contribution in [-0.4, -0.2) is 73.6 Å². The highest BCUT2D eigenvalue weighted by molar-refractivity contribution is 6.09. The van der Waals surface area contributed by atoms with Crippen molar-refractivity contribution >= 4 is 23.8 Å². The molecule has 3 rings (SSSR count). The van der Waals surface area contributed by atoms with Gasteiger partial charge >= 0.3 is 12.0 Å². The maximum Gasteiger partial charge on any atom is 0.325 e. The lowest BCUT2D eigenvalue weighted by Crippen LogP contribution is -2.47. The predicted molar refractivity (Wildman–Crippen MR) is 108 cm³/mol. The SMILES string of the molecule is COC(=O)CN(Cc1cc(OC)cc(OC)c1)C(=O)CN1C(=O)NC(C)(C2CC2)C1=O. The Morgan fingerprint density at radius 2 is 1.74 bits per heavy atom. The molecule has 1 aromatic carbocycles. The largest absolute Gasteiger partial charge is 0.497 e. The van der Waals surface area contributed by atoms with Gasteiger partial charge in [-0.25, -0.2) is 4.79 Å². The quantitative estimate of drug-likeness (QED) is 0.455. The first kappa shape index (κ1) is 22.4. The number of urea groups is 1. The zero-order chi connectivity index (χ0) is 22.8. The number of ether oxygens (including phenoxy) is 3. The van der Waals surface area contributed by atoms with Gasteiger partial charge in [0.1, 0.15) is 30.1 Å². The van der Waals surface area contributed by atoms with Gasteiger partial charge in [-0.1, -0.05) is 0 Å². The second kappa shape index (κ2) is 8.83. The van der Waals surface area contributed by atoms with E-state index >= 15 is 0 Å². The van der Waals surface area contributed by atoms with Gasteiger partial charge in [-0.05, 0) is 43.4 Å². The molecule has 2 aliphatic rings. The van der Waals surface area contributed by atoms with Crippen LogP contribution in [0.25, 0.3) is 0 Å². The fourth-order valence-corrected chi connectivity index (χ4v) is 3.66. The zero-order valence-corrected chi connectivity index (χ0v) is 18.1. The van der Waals surface area contributed by atoms with Gasteiger partial charge in [-0.2, -0.15) is 0 Å². The topological polar surface area (TPSA) is 114 Å². The van der Waals surface area contributed by atoms with Crippen molar-refractivity contribution in [3.63, 3.8) is 0 Å². The molecule has 0 spiro atoms. The van der Waals surface area contributed by atoms with Crippen LogP contribution in [0, 0.1) is 5.92 Å². The molecule has 4 amide bonds. The Morgan fingerprint density at radius 1 is 1.13 bits per heavy atom. The standard InChI is InChI=1S/C21H27N3O7/c1-21(14-5-6-14)19(27)24(20(28)22-21)11-17(25)23(12-18(26)31-4)10-13-7-15(29-2)9-16(8-13)30-3/h7-9,14H,5-6,10-12H2,1-4H3,(H,22,28). The molecule has 1 unspecified atom stereocenters. The number of carbonyl (C=O) groups excluding carboxylic acids is 4. The van der Waals surface area contributed by atoms with Gasteiger partial charge in [-0.3, -0.25) is 19.3 Å². The number of nitrogens with zero attached hydrogens (tertiary/aromatic N) is 2. The van der Waals surface area contributed by atoms with Crippen molar-refractivity contribution in [2.45, 2.75) is 31.8 Å². The lowest BCUT2D eigenvalue weighted by molar-refractivity contribution is -0.148. The van der Waals surface area contributed by atoms with E-state index < -0.39 is 35.9 Å². The van der Waals surface area contributed by atoms with E-state index in [1.807, 2.05) is 0 Å². The van der Waals surface area contributed by atoms with E-state index in [-0.39, 0.29) is 19.0 Å². The molecular formula is C21H27N3O7. The number of rotatable bonds is 9. The number of carbonyl (C=O) groups is 4. The Kier molecular flexibility index (Phi) is 6.37.